The SMILES string of the molecule is CCn1nccc1/C=C/C(=O)c1cnn(CC)c1C. The second-order valence-electron chi connectivity index (χ2n) is 4.23. The highest BCUT2D eigenvalue weighted by Gasteiger charge is 2.10. The third-order valence-corrected chi connectivity index (χ3v) is 3.12. The summed E-state index contributed by atoms with van der Waals surface area (Å²) in [5.74, 6) is -0.0268. The molecule has 0 aliphatic heterocycles. The summed E-state index contributed by atoms with van der Waals surface area (Å²) in [6, 6.07) is 1.88. The highest BCUT2D eigenvalue weighted by atomic mass is 16.1. The minimum atomic E-state index is -0.0268. The molecule has 2 aromatic rings. The van der Waals surface area contributed by atoms with Crippen LogP contribution in [0.5, 0.6) is 0 Å². The molecule has 0 saturated carbocycles. The predicted octanol–water partition coefficient (Wildman–Crippen LogP) is 2.32. The quantitative estimate of drug-likeness (QED) is 0.611. The van der Waals surface area contributed by atoms with Gasteiger partial charge in [-0.25, -0.2) is 0 Å². The standard InChI is InChI=1S/C14H18N4O/c1-4-17-11(3)13(10-16-17)14(19)7-6-12-8-9-15-18(12)5-2/h6-10H,4-5H2,1-3H3/b7-6+. The van der Waals surface area contributed by atoms with Gasteiger partial charge in [0, 0.05) is 25.0 Å². The smallest absolute Gasteiger partial charge is 0.189 e. The van der Waals surface area contributed by atoms with Crippen molar-refractivity contribution in [2.75, 3.05) is 0 Å². The van der Waals surface area contributed by atoms with Crippen LogP contribution >= 0.6 is 0 Å². The van der Waals surface area contributed by atoms with Crippen LogP contribution < -0.4 is 0 Å². The molecular formula is C14H18N4O. The van der Waals surface area contributed by atoms with Crippen molar-refractivity contribution in [2.45, 2.75) is 33.9 Å². The van der Waals surface area contributed by atoms with E-state index < -0.39 is 0 Å². The summed E-state index contributed by atoms with van der Waals surface area (Å²) >= 11 is 0. The molecule has 19 heavy (non-hydrogen) atoms. The number of nitrogens with zero attached hydrogens (tertiary/aromatic N) is 4. The number of carbonyl (C=O) groups excluding carboxylic acids is 1. The highest BCUT2D eigenvalue weighted by molar-refractivity contribution is 6.07. The first-order valence-corrected chi connectivity index (χ1v) is 6.44. The number of ketones is 1. The second-order valence-corrected chi connectivity index (χ2v) is 4.23. The molecule has 100 valence electrons. The van der Waals surface area contributed by atoms with E-state index in [0.29, 0.717) is 5.56 Å². The molecule has 5 nitrogen and oxygen atoms in total. The molecule has 5 heteroatoms. The first-order valence-electron chi connectivity index (χ1n) is 6.44. The molecule has 0 bridgehead atoms. The van der Waals surface area contributed by atoms with Crippen molar-refractivity contribution < 1.29 is 4.79 Å². The molecule has 0 fully saturated rings. The monoisotopic (exact) mass is 258 g/mol. The molecule has 0 radical (unpaired) electrons. The number of aromatic nitrogens is 4. The van der Waals surface area contributed by atoms with E-state index in [9.17, 15) is 4.79 Å². The summed E-state index contributed by atoms with van der Waals surface area (Å²) in [5, 5.41) is 8.34. The van der Waals surface area contributed by atoms with Crippen molar-refractivity contribution in [3.63, 3.8) is 0 Å². The Morgan fingerprint density at radius 3 is 2.63 bits per heavy atom. The Morgan fingerprint density at radius 2 is 2.00 bits per heavy atom. The van der Waals surface area contributed by atoms with Gasteiger partial charge in [0.15, 0.2) is 5.78 Å². The van der Waals surface area contributed by atoms with E-state index in [1.54, 1.807) is 24.5 Å². The summed E-state index contributed by atoms with van der Waals surface area (Å²) in [6.45, 7) is 7.48. The fourth-order valence-electron chi connectivity index (χ4n) is 2.01. The van der Waals surface area contributed by atoms with E-state index in [1.807, 2.05) is 36.2 Å². The predicted molar refractivity (Wildman–Crippen MR) is 73.9 cm³/mol. The Bertz CT molecular complexity index is 607. The number of rotatable bonds is 5. The fraction of sp³-hybridized carbons (Fsp3) is 0.357. The third kappa shape index (κ3) is 2.65. The average molecular weight is 258 g/mol. The Morgan fingerprint density at radius 1 is 1.26 bits per heavy atom. The Balaban J connectivity index is 2.19. The van der Waals surface area contributed by atoms with Gasteiger partial charge in [0.2, 0.25) is 0 Å². The summed E-state index contributed by atoms with van der Waals surface area (Å²) in [7, 11) is 0. The molecule has 0 unspecified atom stereocenters. The van der Waals surface area contributed by atoms with Crippen LogP contribution in [0.2, 0.25) is 0 Å². The van der Waals surface area contributed by atoms with Crippen LogP contribution in [0.4, 0.5) is 0 Å². The van der Waals surface area contributed by atoms with E-state index >= 15 is 0 Å². The Hall–Kier alpha value is -2.17. The van der Waals surface area contributed by atoms with Crippen molar-refractivity contribution in [1.29, 1.82) is 0 Å². The topological polar surface area (TPSA) is 52.7 Å². The Kier molecular flexibility index (Phi) is 3.94. The van der Waals surface area contributed by atoms with E-state index in [0.717, 1.165) is 24.5 Å². The fourth-order valence-corrected chi connectivity index (χ4v) is 2.01. The van der Waals surface area contributed by atoms with Crippen LogP contribution in [0.1, 0.15) is 35.6 Å². The third-order valence-electron chi connectivity index (χ3n) is 3.12. The number of carbonyl (C=O) groups is 1. The van der Waals surface area contributed by atoms with Crippen molar-refractivity contribution in [3.05, 3.63) is 41.5 Å². The van der Waals surface area contributed by atoms with E-state index in [2.05, 4.69) is 10.2 Å². The molecule has 0 atom stereocenters. The lowest BCUT2D eigenvalue weighted by Crippen LogP contribution is -2.02. The zero-order valence-electron chi connectivity index (χ0n) is 11.5. The molecule has 0 saturated heterocycles. The van der Waals surface area contributed by atoms with E-state index in [1.165, 1.54) is 0 Å². The number of aryl methyl sites for hydroxylation is 2. The lowest BCUT2D eigenvalue weighted by atomic mass is 10.1. The molecule has 2 rings (SSSR count). The summed E-state index contributed by atoms with van der Waals surface area (Å²) < 4.78 is 3.66. The molecule has 0 spiro atoms. The van der Waals surface area contributed by atoms with Gasteiger partial charge in [-0.3, -0.25) is 14.2 Å². The van der Waals surface area contributed by atoms with Crippen LogP contribution in [0.15, 0.2) is 24.5 Å². The Labute approximate surface area is 112 Å². The second kappa shape index (κ2) is 5.65. The largest absolute Gasteiger partial charge is 0.289 e. The maximum absolute atomic E-state index is 12.1. The minimum absolute atomic E-state index is 0.0268. The first kappa shape index (κ1) is 13.3. The lowest BCUT2D eigenvalue weighted by molar-refractivity contribution is 0.104. The molecule has 2 aromatic heterocycles. The molecule has 0 N–H and O–H groups in total. The minimum Gasteiger partial charge on any atom is -0.289 e. The molecular weight excluding hydrogens is 240 g/mol. The van der Waals surface area contributed by atoms with Gasteiger partial charge < -0.3 is 0 Å². The molecule has 0 aliphatic carbocycles. The molecule has 0 aliphatic rings. The van der Waals surface area contributed by atoms with Gasteiger partial charge in [0.1, 0.15) is 0 Å². The van der Waals surface area contributed by atoms with Crippen LogP contribution in [0.25, 0.3) is 6.08 Å². The first-order chi connectivity index (χ1) is 9.17. The molecule has 2 heterocycles. The van der Waals surface area contributed by atoms with E-state index in [4.69, 9.17) is 0 Å². The normalized spacial score (nSPS) is 11.3. The van der Waals surface area contributed by atoms with Gasteiger partial charge >= 0.3 is 0 Å². The maximum atomic E-state index is 12.1. The molecule has 0 amide bonds. The lowest BCUT2D eigenvalue weighted by Gasteiger charge is -2.00. The van der Waals surface area contributed by atoms with Crippen molar-refractivity contribution in [2.24, 2.45) is 0 Å². The summed E-state index contributed by atoms with van der Waals surface area (Å²) in [5.41, 5.74) is 2.48. The van der Waals surface area contributed by atoms with Crippen LogP contribution in [0.3, 0.4) is 0 Å². The van der Waals surface area contributed by atoms with Crippen molar-refractivity contribution in [3.8, 4) is 0 Å². The summed E-state index contributed by atoms with van der Waals surface area (Å²) in [6.07, 6.45) is 6.73. The van der Waals surface area contributed by atoms with Gasteiger partial charge in [-0.15, -0.1) is 0 Å². The highest BCUT2D eigenvalue weighted by Crippen LogP contribution is 2.10. The average Bonchev–Trinajstić information content (AvgIpc) is 3.01. The number of hydrogen-bond acceptors (Lipinski definition) is 3. The van der Waals surface area contributed by atoms with Gasteiger partial charge in [0.25, 0.3) is 0 Å². The van der Waals surface area contributed by atoms with Gasteiger partial charge in [0.05, 0.1) is 17.5 Å². The van der Waals surface area contributed by atoms with Crippen LogP contribution in [-0.4, -0.2) is 25.3 Å². The zero-order valence-corrected chi connectivity index (χ0v) is 11.5. The molecule has 0 aromatic carbocycles. The number of hydrogen-bond donors (Lipinski definition) is 0. The van der Waals surface area contributed by atoms with Crippen LogP contribution in [-0.2, 0) is 13.1 Å². The summed E-state index contributed by atoms with van der Waals surface area (Å²) in [4.78, 5) is 12.1. The maximum Gasteiger partial charge on any atom is 0.189 e. The van der Waals surface area contributed by atoms with Crippen LogP contribution in [0, 0.1) is 6.92 Å². The van der Waals surface area contributed by atoms with Gasteiger partial charge in [-0.05, 0) is 39.0 Å². The van der Waals surface area contributed by atoms with Crippen molar-refractivity contribution >= 4 is 11.9 Å². The van der Waals surface area contributed by atoms with Gasteiger partial charge in [-0.1, -0.05) is 0 Å². The van der Waals surface area contributed by atoms with Crippen molar-refractivity contribution in [1.82, 2.24) is 19.6 Å². The van der Waals surface area contributed by atoms with Gasteiger partial charge in [-0.2, -0.15) is 10.2 Å². The van der Waals surface area contributed by atoms with E-state index in [-0.39, 0.29) is 5.78 Å². The number of allylic oxidation sites excluding steroid dienone is 1. The zero-order chi connectivity index (χ0) is 13.8.